The summed E-state index contributed by atoms with van der Waals surface area (Å²) in [5, 5.41) is 2.98. The third kappa shape index (κ3) is 4.21. The van der Waals surface area contributed by atoms with Gasteiger partial charge in [0, 0.05) is 47.5 Å². The van der Waals surface area contributed by atoms with E-state index in [9.17, 15) is 0 Å². The van der Waals surface area contributed by atoms with E-state index in [0.29, 0.717) is 0 Å². The van der Waals surface area contributed by atoms with E-state index in [1.807, 2.05) is 72.4 Å². The fourth-order valence-corrected chi connectivity index (χ4v) is 8.32. The molecule has 201 valence electrons. The van der Waals surface area contributed by atoms with Gasteiger partial charge in [-0.3, -0.25) is 9.47 Å². The number of hydrogen-bond acceptors (Lipinski definition) is 6. The molecule has 0 N–H and O–H groups in total. The fourth-order valence-electron chi connectivity index (χ4n) is 5.25. The van der Waals surface area contributed by atoms with Crippen molar-refractivity contribution in [3.63, 3.8) is 0 Å². The van der Waals surface area contributed by atoms with Crippen LogP contribution in [0.4, 0.5) is 17.3 Å². The molecule has 9 heteroatoms. The Morgan fingerprint density at radius 3 is 2.56 bits per heavy atom. The zero-order chi connectivity index (χ0) is 26.8. The van der Waals surface area contributed by atoms with Gasteiger partial charge in [-0.2, -0.15) is 0 Å². The van der Waals surface area contributed by atoms with Crippen LogP contribution < -0.4 is 20.4 Å². The van der Waals surface area contributed by atoms with Crippen molar-refractivity contribution >= 4 is 58.8 Å². The average Bonchev–Trinajstić information content (AvgIpc) is 3.42. The van der Waals surface area contributed by atoms with Gasteiger partial charge in [-0.05, 0) is 68.6 Å². The first-order chi connectivity index (χ1) is 19.7. The molecular weight excluding hydrogens is 636 g/mol. The molecule has 2 aliphatic rings. The van der Waals surface area contributed by atoms with Crippen molar-refractivity contribution in [1.29, 1.82) is 0 Å². The number of pyridine rings is 3. The fraction of sp³-hybridized carbons (Fsp3) is 0.0312. The SMILES string of the molecule is [CH-]=C(C)P1c2ccccc2Oc2ccc(N3c4ccccc4Sc4ccc(-n5ccc6cccnc65)nc43)nc21.[Rh]. The smallest absolute Gasteiger partial charge is 0.155 e. The van der Waals surface area contributed by atoms with E-state index < -0.39 is 7.92 Å². The molecule has 8 rings (SSSR count). The maximum atomic E-state index is 6.51. The molecule has 2 aliphatic heterocycles. The Morgan fingerprint density at radius 2 is 1.66 bits per heavy atom. The molecule has 1 radical (unpaired) electrons. The minimum absolute atomic E-state index is 0. The molecule has 4 aromatic heterocycles. The van der Waals surface area contributed by atoms with Gasteiger partial charge in [0.1, 0.15) is 28.5 Å². The largest absolute Gasteiger partial charge is 0.509 e. The average molecular weight is 658 g/mol. The molecule has 41 heavy (non-hydrogen) atoms. The number of aromatic nitrogens is 4. The molecule has 0 fully saturated rings. The summed E-state index contributed by atoms with van der Waals surface area (Å²) in [6.45, 7) is 8.48. The third-order valence-electron chi connectivity index (χ3n) is 7.00. The standard InChI is InChI=1S/C32H21N5OPS.Rh/c1-20(2)39-25-11-5-4-10-23(25)38-24-13-15-29(35-32(24)39)37-22-9-3-6-12-26(22)40-27-14-16-28(34-31(27)37)36-19-17-21-8-7-18-33-30(21)36;/h1,3-19H,2H3;/q-1;. The summed E-state index contributed by atoms with van der Waals surface area (Å²) in [5.74, 6) is 3.96. The Bertz CT molecular complexity index is 1990. The van der Waals surface area contributed by atoms with Gasteiger partial charge in [0.25, 0.3) is 0 Å². The number of allylic oxidation sites excluding steroid dienone is 1. The first kappa shape index (κ1) is 26.1. The van der Waals surface area contributed by atoms with Gasteiger partial charge in [-0.25, -0.2) is 20.3 Å². The Balaban J connectivity index is 0.00000276. The van der Waals surface area contributed by atoms with Crippen LogP contribution in [-0.4, -0.2) is 19.5 Å². The van der Waals surface area contributed by atoms with E-state index in [1.54, 1.807) is 11.8 Å². The van der Waals surface area contributed by atoms with Gasteiger partial charge in [0.15, 0.2) is 11.6 Å². The van der Waals surface area contributed by atoms with E-state index in [1.165, 1.54) is 0 Å². The third-order valence-corrected chi connectivity index (χ3v) is 10.4. The van der Waals surface area contributed by atoms with E-state index in [0.717, 1.165) is 71.5 Å². The summed E-state index contributed by atoms with van der Waals surface area (Å²) < 4.78 is 8.31. The summed E-state index contributed by atoms with van der Waals surface area (Å²) in [6, 6.07) is 30.7. The first-order valence-electron chi connectivity index (χ1n) is 12.8. The number of hydrogen-bond donors (Lipinski definition) is 0. The summed E-state index contributed by atoms with van der Waals surface area (Å²) >= 11 is 1.71. The Kier molecular flexibility index (Phi) is 6.50. The first-order valence-corrected chi connectivity index (χ1v) is 15.0. The summed E-state index contributed by atoms with van der Waals surface area (Å²) in [5.41, 5.74) is 2.76. The summed E-state index contributed by atoms with van der Waals surface area (Å²) in [4.78, 5) is 19.4. The molecule has 0 saturated carbocycles. The number of rotatable bonds is 3. The molecule has 0 aliphatic carbocycles. The van der Waals surface area contributed by atoms with Crippen LogP contribution >= 0.6 is 19.7 Å². The van der Waals surface area contributed by atoms with Crippen LogP contribution in [0.1, 0.15) is 6.92 Å². The zero-order valence-electron chi connectivity index (χ0n) is 21.7. The predicted molar refractivity (Wildman–Crippen MR) is 162 cm³/mol. The number of nitrogens with zero attached hydrogens (tertiary/aromatic N) is 5. The van der Waals surface area contributed by atoms with Gasteiger partial charge < -0.3 is 11.3 Å². The van der Waals surface area contributed by atoms with Crippen molar-refractivity contribution in [1.82, 2.24) is 19.5 Å². The molecule has 0 bridgehead atoms. The molecule has 1 atom stereocenters. The maximum Gasteiger partial charge on any atom is 0.155 e. The number of anilines is 3. The van der Waals surface area contributed by atoms with E-state index in [-0.39, 0.29) is 19.5 Å². The minimum atomic E-state index is -0.996. The molecule has 6 nitrogen and oxygen atoms in total. The van der Waals surface area contributed by atoms with Crippen LogP contribution in [0.25, 0.3) is 16.9 Å². The van der Waals surface area contributed by atoms with E-state index in [4.69, 9.17) is 21.3 Å². The zero-order valence-corrected chi connectivity index (χ0v) is 25.1. The van der Waals surface area contributed by atoms with Crippen molar-refractivity contribution < 1.29 is 24.2 Å². The molecular formula is C32H21N5OPRhS-. The quantitative estimate of drug-likeness (QED) is 0.111. The number of ether oxygens (including phenoxy) is 1. The van der Waals surface area contributed by atoms with Gasteiger partial charge in [0.05, 0.1) is 10.6 Å². The second-order valence-corrected chi connectivity index (χ2v) is 12.9. The van der Waals surface area contributed by atoms with Crippen LogP contribution in [0.5, 0.6) is 11.5 Å². The van der Waals surface area contributed by atoms with Crippen LogP contribution in [-0.2, 0) is 19.5 Å². The molecule has 6 heterocycles. The Labute approximate surface area is 255 Å². The van der Waals surface area contributed by atoms with Crippen LogP contribution in [0.15, 0.2) is 118 Å². The van der Waals surface area contributed by atoms with Crippen molar-refractivity contribution in [3.05, 3.63) is 115 Å². The molecule has 0 amide bonds. The normalized spacial score (nSPS) is 14.7. The van der Waals surface area contributed by atoms with E-state index >= 15 is 0 Å². The monoisotopic (exact) mass is 657 g/mol. The van der Waals surface area contributed by atoms with Gasteiger partial charge >= 0.3 is 0 Å². The minimum Gasteiger partial charge on any atom is -0.509 e. The Hall–Kier alpha value is -3.83. The molecule has 0 spiro atoms. The van der Waals surface area contributed by atoms with Crippen molar-refractivity contribution in [2.75, 3.05) is 4.90 Å². The number of para-hydroxylation sites is 2. The Morgan fingerprint density at radius 1 is 0.829 bits per heavy atom. The maximum absolute atomic E-state index is 6.51. The van der Waals surface area contributed by atoms with Crippen molar-refractivity contribution in [2.45, 2.75) is 16.7 Å². The van der Waals surface area contributed by atoms with Crippen LogP contribution in [0, 0.1) is 6.58 Å². The van der Waals surface area contributed by atoms with Crippen molar-refractivity contribution in [2.24, 2.45) is 0 Å². The number of fused-ring (bicyclic) bond motifs is 5. The van der Waals surface area contributed by atoms with Crippen LogP contribution in [0.2, 0.25) is 0 Å². The van der Waals surface area contributed by atoms with Crippen LogP contribution in [0.3, 0.4) is 0 Å². The second kappa shape index (κ2) is 10.2. The van der Waals surface area contributed by atoms with E-state index in [2.05, 4.69) is 52.3 Å². The summed E-state index contributed by atoms with van der Waals surface area (Å²) in [6.07, 6.45) is 3.82. The molecule has 0 saturated heterocycles. The molecule has 2 aromatic carbocycles. The van der Waals surface area contributed by atoms with Crippen molar-refractivity contribution in [3.8, 4) is 17.3 Å². The summed E-state index contributed by atoms with van der Waals surface area (Å²) in [7, 11) is -0.996. The van der Waals surface area contributed by atoms with Gasteiger partial charge in [0.2, 0.25) is 0 Å². The van der Waals surface area contributed by atoms with Gasteiger partial charge in [-0.15, -0.1) is 0 Å². The molecule has 1 unspecified atom stereocenters. The van der Waals surface area contributed by atoms with Gasteiger partial charge in [-0.1, -0.05) is 49.0 Å². The topological polar surface area (TPSA) is 56.1 Å². The second-order valence-electron chi connectivity index (χ2n) is 9.54. The predicted octanol–water partition coefficient (Wildman–Crippen LogP) is 7.62. The number of benzene rings is 2. The molecule has 6 aromatic rings.